The molecule has 0 aromatic heterocycles. The molecular weight excluding hydrogens is 496 g/mol. The number of hydrogen-bond donors (Lipinski definition) is 2. The quantitative estimate of drug-likeness (QED) is 0.311. The van der Waals surface area contributed by atoms with Gasteiger partial charge < -0.3 is 29.2 Å². The van der Waals surface area contributed by atoms with E-state index in [9.17, 15) is 29.4 Å². The number of esters is 4. The first-order chi connectivity index (χ1) is 17.5. The summed E-state index contributed by atoms with van der Waals surface area (Å²) in [4.78, 5) is 49.5. The molecule has 0 heterocycles. The zero-order chi connectivity index (χ0) is 28.5. The van der Waals surface area contributed by atoms with Crippen molar-refractivity contribution in [3.05, 3.63) is 12.2 Å². The van der Waals surface area contributed by atoms with Gasteiger partial charge in [0.25, 0.3) is 0 Å². The Balaban J connectivity index is 2.06. The maximum Gasteiger partial charge on any atom is 0.303 e. The Morgan fingerprint density at radius 3 is 1.89 bits per heavy atom. The van der Waals surface area contributed by atoms with Crippen LogP contribution in [0.1, 0.15) is 67.7 Å². The van der Waals surface area contributed by atoms with E-state index in [4.69, 9.17) is 18.9 Å². The van der Waals surface area contributed by atoms with Crippen molar-refractivity contribution in [1.29, 1.82) is 0 Å². The molecule has 212 valence electrons. The third-order valence-electron chi connectivity index (χ3n) is 9.95. The molecule has 4 fully saturated rings. The Kier molecular flexibility index (Phi) is 7.01. The van der Waals surface area contributed by atoms with Crippen molar-refractivity contribution in [2.75, 3.05) is 0 Å². The standard InChI is InChI=1S/C28H40O10/c1-12-17-9-18(35-13(2)29)22-27(8)20(36-14(3)30)10-19(33)26(6,7)23(27)21(37-15(4)31)24(34)28(22,11-17)25(12)38-16(5)32/h17-25,33-34H,1,9-11H2,2-8H3/t17-,18+,19+,20+,21-,22+,23-,24+,25-,27+,28-/m1/s1. The van der Waals surface area contributed by atoms with Crippen LogP contribution in [0, 0.1) is 34.0 Å². The second-order valence-corrected chi connectivity index (χ2v) is 12.5. The first-order valence-electron chi connectivity index (χ1n) is 13.2. The Labute approximate surface area is 223 Å². The predicted molar refractivity (Wildman–Crippen MR) is 132 cm³/mol. The second kappa shape index (κ2) is 9.33. The van der Waals surface area contributed by atoms with Gasteiger partial charge in [0.1, 0.15) is 30.5 Å². The predicted octanol–water partition coefficient (Wildman–Crippen LogP) is 2.08. The Bertz CT molecular complexity index is 1050. The summed E-state index contributed by atoms with van der Waals surface area (Å²) in [5, 5.41) is 23.5. The van der Waals surface area contributed by atoms with Crippen LogP contribution in [0.15, 0.2) is 12.2 Å². The van der Waals surface area contributed by atoms with Gasteiger partial charge in [-0.1, -0.05) is 27.4 Å². The van der Waals surface area contributed by atoms with Crippen LogP contribution in [0.5, 0.6) is 0 Å². The monoisotopic (exact) mass is 536 g/mol. The molecule has 10 nitrogen and oxygen atoms in total. The maximum absolute atomic E-state index is 12.4. The van der Waals surface area contributed by atoms with E-state index in [1.54, 1.807) is 0 Å². The molecule has 0 aromatic rings. The zero-order valence-electron chi connectivity index (χ0n) is 23.2. The molecule has 10 heteroatoms. The van der Waals surface area contributed by atoms with Crippen LogP contribution in [0.3, 0.4) is 0 Å². The van der Waals surface area contributed by atoms with Crippen LogP contribution >= 0.6 is 0 Å². The minimum absolute atomic E-state index is 0.0877. The van der Waals surface area contributed by atoms with Crippen LogP contribution in [-0.4, -0.2) is 70.7 Å². The number of carbonyl (C=O) groups is 4. The average Bonchev–Trinajstić information content (AvgIpc) is 2.96. The van der Waals surface area contributed by atoms with E-state index >= 15 is 0 Å². The fourth-order valence-electron chi connectivity index (χ4n) is 8.96. The lowest BCUT2D eigenvalue weighted by Crippen LogP contribution is -2.77. The molecule has 38 heavy (non-hydrogen) atoms. The zero-order valence-corrected chi connectivity index (χ0v) is 23.2. The third kappa shape index (κ3) is 3.97. The molecule has 11 atom stereocenters. The molecule has 2 bridgehead atoms. The van der Waals surface area contributed by atoms with Gasteiger partial charge in [-0.25, -0.2) is 0 Å². The fourth-order valence-corrected chi connectivity index (χ4v) is 8.96. The van der Waals surface area contributed by atoms with Gasteiger partial charge in [-0.3, -0.25) is 19.2 Å². The van der Waals surface area contributed by atoms with Gasteiger partial charge in [0, 0.05) is 56.8 Å². The van der Waals surface area contributed by atoms with Crippen molar-refractivity contribution in [2.24, 2.45) is 34.0 Å². The van der Waals surface area contributed by atoms with E-state index in [2.05, 4.69) is 6.58 Å². The molecule has 0 radical (unpaired) electrons. The summed E-state index contributed by atoms with van der Waals surface area (Å²) in [5.74, 6) is -3.92. The van der Waals surface area contributed by atoms with Gasteiger partial charge in [0.2, 0.25) is 0 Å². The maximum atomic E-state index is 12.4. The van der Waals surface area contributed by atoms with E-state index in [0.29, 0.717) is 18.4 Å². The number of aliphatic hydroxyl groups is 2. The molecule has 1 spiro atoms. The fraction of sp³-hybridized carbons (Fsp3) is 0.786. The molecule has 4 aliphatic carbocycles. The number of aliphatic hydroxyl groups excluding tert-OH is 2. The van der Waals surface area contributed by atoms with Crippen molar-refractivity contribution in [3.63, 3.8) is 0 Å². The SMILES string of the molecule is C=C1[C@@H]2C[C@H](OC(C)=O)[C@H]3[C@]4(C)[C@@H](OC(C)=O)C[C@H](O)C(C)(C)[C@H]4[C@@H](OC(C)=O)[C@H](O)[C@]3(C2)[C@@H]1OC(C)=O. The number of ether oxygens (including phenoxy) is 4. The van der Waals surface area contributed by atoms with Crippen molar-refractivity contribution in [1.82, 2.24) is 0 Å². The summed E-state index contributed by atoms with van der Waals surface area (Å²) >= 11 is 0. The normalized spacial score (nSPS) is 44.8. The molecule has 0 aliphatic heterocycles. The first kappa shape index (κ1) is 28.5. The first-order valence-corrected chi connectivity index (χ1v) is 13.2. The lowest BCUT2D eigenvalue weighted by atomic mass is 9.37. The van der Waals surface area contributed by atoms with Crippen LogP contribution < -0.4 is 0 Å². The summed E-state index contributed by atoms with van der Waals surface area (Å²) in [7, 11) is 0. The van der Waals surface area contributed by atoms with Gasteiger partial charge in [0.15, 0.2) is 0 Å². The average molecular weight is 537 g/mol. The van der Waals surface area contributed by atoms with E-state index in [0.717, 1.165) is 0 Å². The topological polar surface area (TPSA) is 146 Å². The molecule has 0 amide bonds. The summed E-state index contributed by atoms with van der Waals surface area (Å²) in [6.07, 6.45) is -5.21. The molecule has 4 aliphatic rings. The highest BCUT2D eigenvalue weighted by atomic mass is 16.6. The van der Waals surface area contributed by atoms with Gasteiger partial charge in [-0.05, 0) is 29.7 Å². The van der Waals surface area contributed by atoms with Gasteiger partial charge in [-0.2, -0.15) is 0 Å². The van der Waals surface area contributed by atoms with Crippen molar-refractivity contribution in [3.8, 4) is 0 Å². The van der Waals surface area contributed by atoms with Crippen LogP contribution in [0.25, 0.3) is 0 Å². The van der Waals surface area contributed by atoms with Crippen LogP contribution in [-0.2, 0) is 38.1 Å². The highest BCUT2D eigenvalue weighted by molar-refractivity contribution is 5.68. The number of carbonyl (C=O) groups excluding carboxylic acids is 4. The molecular formula is C28H40O10. The molecule has 0 saturated heterocycles. The second-order valence-electron chi connectivity index (χ2n) is 12.5. The minimum Gasteiger partial charge on any atom is -0.462 e. The van der Waals surface area contributed by atoms with Crippen molar-refractivity contribution in [2.45, 2.75) is 104 Å². The summed E-state index contributed by atoms with van der Waals surface area (Å²) < 4.78 is 23.5. The summed E-state index contributed by atoms with van der Waals surface area (Å²) in [6.45, 7) is 14.9. The molecule has 4 saturated carbocycles. The molecule has 0 unspecified atom stereocenters. The van der Waals surface area contributed by atoms with Crippen molar-refractivity contribution < 1.29 is 48.3 Å². The highest BCUT2D eigenvalue weighted by Crippen LogP contribution is 2.73. The van der Waals surface area contributed by atoms with Gasteiger partial charge in [-0.15, -0.1) is 0 Å². The molecule has 2 N–H and O–H groups in total. The van der Waals surface area contributed by atoms with Gasteiger partial charge >= 0.3 is 23.9 Å². The molecule has 4 rings (SSSR count). The molecule has 0 aromatic carbocycles. The summed E-state index contributed by atoms with van der Waals surface area (Å²) in [5.41, 5.74) is -2.66. The Morgan fingerprint density at radius 1 is 0.816 bits per heavy atom. The largest absolute Gasteiger partial charge is 0.462 e. The van der Waals surface area contributed by atoms with Crippen LogP contribution in [0.2, 0.25) is 0 Å². The van der Waals surface area contributed by atoms with E-state index in [1.807, 2.05) is 20.8 Å². The van der Waals surface area contributed by atoms with Crippen molar-refractivity contribution >= 4 is 23.9 Å². The number of fused-ring (bicyclic) bond motifs is 3. The Morgan fingerprint density at radius 2 is 1.37 bits per heavy atom. The van der Waals surface area contributed by atoms with E-state index in [1.165, 1.54) is 27.7 Å². The smallest absolute Gasteiger partial charge is 0.303 e. The van der Waals surface area contributed by atoms with E-state index < -0.39 is 88.6 Å². The number of hydrogen-bond acceptors (Lipinski definition) is 10. The number of rotatable bonds is 4. The lowest BCUT2D eigenvalue weighted by molar-refractivity contribution is -0.324. The summed E-state index contributed by atoms with van der Waals surface area (Å²) in [6, 6.07) is 0. The Hall–Kier alpha value is -2.46. The third-order valence-corrected chi connectivity index (χ3v) is 9.95. The van der Waals surface area contributed by atoms with Crippen LogP contribution in [0.4, 0.5) is 0 Å². The van der Waals surface area contributed by atoms with E-state index in [-0.39, 0.29) is 12.3 Å². The lowest BCUT2D eigenvalue weighted by Gasteiger charge is -2.70. The minimum atomic E-state index is -1.36. The highest BCUT2D eigenvalue weighted by Gasteiger charge is 2.79. The van der Waals surface area contributed by atoms with Gasteiger partial charge in [0.05, 0.1) is 6.10 Å².